The molecule has 0 spiro atoms. The number of hydrogen-bond donors (Lipinski definition) is 3. The maximum absolute atomic E-state index is 8.88. The monoisotopic (exact) mass is 187 g/mol. The summed E-state index contributed by atoms with van der Waals surface area (Å²) in [7, 11) is -4.64. The van der Waals surface area contributed by atoms with Gasteiger partial charge in [0.25, 0.3) is 0 Å². The van der Waals surface area contributed by atoms with Crippen LogP contribution in [0.4, 0.5) is 0 Å². The van der Waals surface area contributed by atoms with Gasteiger partial charge < -0.3 is 20.2 Å². The normalized spacial score (nSPS) is 7.38. The minimum atomic E-state index is -4.64. The van der Waals surface area contributed by atoms with E-state index in [1.54, 1.807) is 0 Å². The Kier molecular flexibility index (Phi) is 23.4. The van der Waals surface area contributed by atoms with Gasteiger partial charge in [-0.15, -0.1) is 0 Å². The first-order chi connectivity index (χ1) is 2.00. The first kappa shape index (κ1) is 22.9. The quantitative estimate of drug-likeness (QED) is 0.290. The zero-order valence-electron chi connectivity index (χ0n) is 3.00. The zero-order chi connectivity index (χ0) is 4.50. The van der Waals surface area contributed by atoms with E-state index in [2.05, 4.69) is 0 Å². The summed E-state index contributed by atoms with van der Waals surface area (Å²) in [6.07, 6.45) is 0. The van der Waals surface area contributed by atoms with Crippen LogP contribution in [0.1, 0.15) is 0 Å². The van der Waals surface area contributed by atoms with E-state index < -0.39 is 7.82 Å². The molecule has 0 saturated carbocycles. The maximum atomic E-state index is 8.88. The summed E-state index contributed by atoms with van der Waals surface area (Å²) in [6, 6.07) is 0. The van der Waals surface area contributed by atoms with Crippen LogP contribution in [0.2, 0.25) is 0 Å². The van der Waals surface area contributed by atoms with Crippen LogP contribution >= 0.6 is 7.82 Å². The van der Waals surface area contributed by atoms with Crippen LogP contribution in [0.15, 0.2) is 0 Å². The topological polar surface area (TPSA) is 109 Å². The van der Waals surface area contributed by atoms with Gasteiger partial charge in [-0.1, -0.05) is 0 Å². The number of phosphoric acid groups is 1. The van der Waals surface area contributed by atoms with Gasteiger partial charge >= 0.3 is 26.7 Å². The van der Waals surface area contributed by atoms with Gasteiger partial charge in [-0.3, -0.25) is 0 Å². The first-order valence-corrected chi connectivity index (χ1v) is 2.35. The first-order valence-electron chi connectivity index (χ1n) is 0.783. The molecule has 5 N–H and O–H groups in total. The van der Waals surface area contributed by atoms with Crippen molar-refractivity contribution in [3.63, 3.8) is 0 Å². The Balaban J connectivity index is -0.0000000267. The predicted molar refractivity (Wildman–Crippen MR) is 25.0 cm³/mol. The van der Waals surface area contributed by atoms with Crippen molar-refractivity contribution in [2.24, 2.45) is 0 Å². The molecule has 0 bridgehead atoms. The van der Waals surface area contributed by atoms with Crippen LogP contribution in [0.3, 0.4) is 0 Å². The average molecular weight is 188 g/mol. The Morgan fingerprint density at radius 2 is 1.12 bits per heavy atom. The van der Waals surface area contributed by atoms with Crippen LogP contribution in [-0.4, -0.2) is 39.0 Å². The summed E-state index contributed by atoms with van der Waals surface area (Å²) in [5, 5.41) is 0. The van der Waals surface area contributed by atoms with Crippen molar-refractivity contribution in [3.8, 4) is 0 Å². The van der Waals surface area contributed by atoms with Crippen molar-refractivity contribution in [1.82, 2.24) is 0 Å². The summed E-state index contributed by atoms with van der Waals surface area (Å²) in [5.74, 6) is 0. The zero-order valence-corrected chi connectivity index (χ0v) is 4.83. The Hall–Kier alpha value is 1.19. The van der Waals surface area contributed by atoms with Gasteiger partial charge in [-0.2, -0.15) is 0 Å². The van der Waals surface area contributed by atoms with Gasteiger partial charge in [-0.25, -0.2) is 4.57 Å². The molecule has 8 heteroatoms. The Morgan fingerprint density at radius 3 is 1.12 bits per heavy atom. The summed E-state index contributed by atoms with van der Waals surface area (Å²) in [5.41, 5.74) is 0. The number of rotatable bonds is 0. The van der Waals surface area contributed by atoms with Crippen LogP contribution in [0, 0.1) is 0 Å². The Morgan fingerprint density at radius 1 is 1.12 bits per heavy atom. The van der Waals surface area contributed by atoms with Gasteiger partial charge in [0.1, 0.15) is 0 Å². The summed E-state index contributed by atoms with van der Waals surface area (Å²) >= 11 is 0. The van der Waals surface area contributed by atoms with E-state index in [9.17, 15) is 0 Å². The molecule has 0 atom stereocenters. The fourth-order valence-corrected chi connectivity index (χ4v) is 0. The fraction of sp³-hybridized carbons (Fsp3) is 0. The molecule has 0 aliphatic rings. The van der Waals surface area contributed by atoms with Crippen molar-refractivity contribution >= 4 is 26.7 Å². The predicted octanol–water partition coefficient (Wildman–Crippen LogP) is -2.40. The van der Waals surface area contributed by atoms with E-state index >= 15 is 0 Å². The molecule has 0 aromatic rings. The molecule has 53 valence electrons. The van der Waals surface area contributed by atoms with Crippen LogP contribution in [0.5, 0.6) is 0 Å². The van der Waals surface area contributed by atoms with Crippen LogP contribution < -0.4 is 0 Å². The van der Waals surface area contributed by atoms with Gasteiger partial charge in [0, 0.05) is 17.1 Å². The molecule has 0 heterocycles. The second-order valence-electron chi connectivity index (χ2n) is 0.513. The molecule has 0 amide bonds. The molecule has 0 aromatic heterocycles. The molecule has 0 aliphatic carbocycles. The van der Waals surface area contributed by atoms with E-state index in [1.165, 1.54) is 0 Å². The van der Waals surface area contributed by atoms with Crippen molar-refractivity contribution < 1.29 is 41.8 Å². The van der Waals surface area contributed by atoms with Crippen LogP contribution in [0.25, 0.3) is 0 Å². The third-order valence-corrected chi connectivity index (χ3v) is 0. The van der Waals surface area contributed by atoms with Crippen molar-refractivity contribution in [3.05, 3.63) is 0 Å². The van der Waals surface area contributed by atoms with E-state index in [0.717, 1.165) is 0 Å². The van der Waals surface area contributed by atoms with Gasteiger partial charge in [0.15, 0.2) is 0 Å². The van der Waals surface area contributed by atoms with E-state index in [4.69, 9.17) is 19.2 Å². The summed E-state index contributed by atoms with van der Waals surface area (Å²) in [6.45, 7) is 0. The summed E-state index contributed by atoms with van der Waals surface area (Å²) < 4.78 is 8.88. The van der Waals surface area contributed by atoms with Gasteiger partial charge in [0.2, 0.25) is 0 Å². The van der Waals surface area contributed by atoms with Gasteiger partial charge in [-0.05, 0) is 0 Å². The van der Waals surface area contributed by atoms with Crippen molar-refractivity contribution in [1.29, 1.82) is 0 Å². The van der Waals surface area contributed by atoms with E-state index in [1.807, 2.05) is 0 Å². The molecule has 0 aromatic carbocycles. The molecule has 0 saturated heterocycles. The van der Waals surface area contributed by atoms with Crippen molar-refractivity contribution in [2.45, 2.75) is 0 Å². The molecule has 0 unspecified atom stereocenters. The average Bonchev–Trinajstić information content (AvgIpc) is 0.722. The minimum absolute atomic E-state index is 0. The third-order valence-electron chi connectivity index (χ3n) is 0. The second-order valence-corrected chi connectivity index (χ2v) is 1.54. The number of hydrogen-bond acceptors (Lipinski definition) is 1. The van der Waals surface area contributed by atoms with Crippen molar-refractivity contribution in [2.75, 3.05) is 0 Å². The molecule has 0 aliphatic heterocycles. The SMILES string of the molecule is O.O=P(O)(O)O.[Cu].[LiH]. The second kappa shape index (κ2) is 8.19. The molecule has 0 fully saturated rings. The molecule has 5 nitrogen and oxygen atoms in total. The van der Waals surface area contributed by atoms with E-state index in [-0.39, 0.29) is 41.4 Å². The Bertz CT molecular complexity index is 58.6. The van der Waals surface area contributed by atoms with E-state index in [0.29, 0.717) is 0 Å². The fourth-order valence-electron chi connectivity index (χ4n) is 0. The molecule has 8 heavy (non-hydrogen) atoms. The molecular weight excluding hydrogens is 181 g/mol. The molecular formula is H6CuLiO5P. The van der Waals surface area contributed by atoms with Crippen LogP contribution in [-0.2, 0) is 21.6 Å². The standard InChI is InChI=1S/Cu.Li.H3O4P.H2O.H/c;;1-5(2,3)4;;/h;;(H3,1,2,3,4);1H2;. The van der Waals surface area contributed by atoms with Gasteiger partial charge in [0.05, 0.1) is 0 Å². The Labute approximate surface area is 68.7 Å². The molecule has 0 rings (SSSR count). The summed E-state index contributed by atoms with van der Waals surface area (Å²) in [4.78, 5) is 21.6. The molecule has 1 radical (unpaired) electrons. The third kappa shape index (κ3) is 195.